The van der Waals surface area contributed by atoms with Crippen LogP contribution in [0.5, 0.6) is 0 Å². The van der Waals surface area contributed by atoms with Crippen molar-refractivity contribution in [2.75, 3.05) is 50.0 Å². The molecule has 2 aliphatic heterocycles. The zero-order chi connectivity index (χ0) is 26.0. The summed E-state index contributed by atoms with van der Waals surface area (Å²) < 4.78 is 60.8. The Balaban J connectivity index is 1.34. The molecule has 3 aromatic rings. The van der Waals surface area contributed by atoms with Gasteiger partial charge in [0.15, 0.2) is 21.5 Å². The predicted octanol–water partition coefficient (Wildman–Crippen LogP) is 2.84. The molecule has 5 rings (SSSR count). The number of halogens is 2. The summed E-state index contributed by atoms with van der Waals surface area (Å²) in [5, 5.41) is 8.04. The van der Waals surface area contributed by atoms with Crippen molar-refractivity contribution >= 4 is 15.5 Å². The first-order valence-electron chi connectivity index (χ1n) is 12.5. The Morgan fingerprint density at radius 1 is 1.14 bits per heavy atom. The smallest absolute Gasteiger partial charge is 0.156 e. The third kappa shape index (κ3) is 5.65. The van der Waals surface area contributed by atoms with E-state index in [1.165, 1.54) is 6.20 Å². The summed E-state index contributed by atoms with van der Waals surface area (Å²) in [6.45, 7) is 6.96. The predicted molar refractivity (Wildman–Crippen MR) is 135 cm³/mol. The van der Waals surface area contributed by atoms with Crippen LogP contribution in [-0.4, -0.2) is 84.5 Å². The largest absolute Gasteiger partial charge is 0.380 e. The van der Waals surface area contributed by atoms with Crippen LogP contribution in [0.1, 0.15) is 25.3 Å². The lowest BCUT2D eigenvalue weighted by Gasteiger charge is -2.38. The summed E-state index contributed by atoms with van der Waals surface area (Å²) in [4.78, 5) is 9.08. The minimum atomic E-state index is -3.51. The number of nitrogens with zero attached hydrogens (tertiary/aromatic N) is 6. The van der Waals surface area contributed by atoms with Crippen LogP contribution in [0.2, 0.25) is 0 Å². The van der Waals surface area contributed by atoms with Crippen LogP contribution < -0.4 is 4.90 Å². The number of hydrogen-bond acceptors (Lipinski definition) is 8. The van der Waals surface area contributed by atoms with Gasteiger partial charge in [0.05, 0.1) is 36.2 Å². The SMILES string of the molecule is CCCS(=O)(=O)Cc1ccc(F)c(-n2cc(-c3cncc(N4CCN(C5CCOC5)CC4)c3)nn2)c1F. The van der Waals surface area contributed by atoms with Gasteiger partial charge in [-0.25, -0.2) is 21.9 Å². The Labute approximate surface area is 215 Å². The molecule has 0 bridgehead atoms. The molecule has 1 unspecified atom stereocenters. The molecule has 0 aliphatic carbocycles. The molecule has 2 aliphatic rings. The second kappa shape index (κ2) is 10.8. The molecule has 0 saturated carbocycles. The van der Waals surface area contributed by atoms with Crippen LogP contribution in [0.4, 0.5) is 14.5 Å². The quantitative estimate of drug-likeness (QED) is 0.437. The van der Waals surface area contributed by atoms with Gasteiger partial charge in [-0.3, -0.25) is 9.88 Å². The van der Waals surface area contributed by atoms with Crippen molar-refractivity contribution in [2.45, 2.75) is 31.6 Å². The number of sulfone groups is 1. The van der Waals surface area contributed by atoms with Crippen molar-refractivity contribution in [3.8, 4) is 16.9 Å². The van der Waals surface area contributed by atoms with Gasteiger partial charge >= 0.3 is 0 Å². The highest BCUT2D eigenvalue weighted by atomic mass is 32.2. The van der Waals surface area contributed by atoms with E-state index in [9.17, 15) is 12.8 Å². The van der Waals surface area contributed by atoms with Crippen molar-refractivity contribution in [1.29, 1.82) is 0 Å². The average Bonchev–Trinajstić information content (AvgIpc) is 3.59. The minimum absolute atomic E-state index is 0.0694. The van der Waals surface area contributed by atoms with Gasteiger partial charge in [0, 0.05) is 56.2 Å². The van der Waals surface area contributed by atoms with Gasteiger partial charge in [0.25, 0.3) is 0 Å². The fourth-order valence-electron chi connectivity index (χ4n) is 4.93. The van der Waals surface area contributed by atoms with Crippen LogP contribution in [0.15, 0.2) is 36.8 Å². The number of anilines is 1. The first-order chi connectivity index (χ1) is 17.8. The third-order valence-electron chi connectivity index (χ3n) is 6.88. The summed E-state index contributed by atoms with van der Waals surface area (Å²) in [6.07, 6.45) is 6.34. The average molecular weight is 533 g/mol. The molecule has 0 radical (unpaired) electrons. The number of benzene rings is 1. The molecule has 2 saturated heterocycles. The van der Waals surface area contributed by atoms with Crippen LogP contribution in [-0.2, 0) is 20.3 Å². The summed E-state index contributed by atoms with van der Waals surface area (Å²) in [5.74, 6) is -2.40. The molecule has 2 fully saturated rings. The van der Waals surface area contributed by atoms with Gasteiger partial charge in [-0.05, 0) is 25.0 Å². The molecule has 12 heteroatoms. The molecular formula is C25H30F2N6O3S. The van der Waals surface area contributed by atoms with Crippen molar-refractivity contribution < 1.29 is 21.9 Å². The van der Waals surface area contributed by atoms with E-state index in [0.29, 0.717) is 23.7 Å². The summed E-state index contributed by atoms with van der Waals surface area (Å²) in [6, 6.07) is 4.64. The monoisotopic (exact) mass is 532 g/mol. The van der Waals surface area contributed by atoms with E-state index >= 15 is 4.39 Å². The van der Waals surface area contributed by atoms with Crippen LogP contribution in [0, 0.1) is 11.6 Å². The Bertz CT molecular complexity index is 1350. The van der Waals surface area contributed by atoms with Crippen LogP contribution >= 0.6 is 0 Å². The second-order valence-electron chi connectivity index (χ2n) is 9.48. The van der Waals surface area contributed by atoms with Crippen molar-refractivity contribution in [1.82, 2.24) is 24.9 Å². The standard InChI is InChI=1S/C25H30F2N6O3S/c1-2-11-37(34,35)17-18-3-4-22(26)25(24(18)27)33-15-23(29-30-33)19-12-21(14-28-13-19)32-8-6-31(7-9-32)20-5-10-36-16-20/h3-4,12-15,20H,2,5-11,16-17H2,1H3. The lowest BCUT2D eigenvalue weighted by Crippen LogP contribution is -2.50. The molecule has 0 amide bonds. The highest BCUT2D eigenvalue weighted by Gasteiger charge is 2.27. The summed E-state index contributed by atoms with van der Waals surface area (Å²) in [5.41, 5.74) is 1.44. The van der Waals surface area contributed by atoms with E-state index < -0.39 is 32.9 Å². The first-order valence-corrected chi connectivity index (χ1v) is 14.3. The molecule has 0 spiro atoms. The fraction of sp³-hybridized carbons (Fsp3) is 0.480. The van der Waals surface area contributed by atoms with E-state index in [2.05, 4.69) is 25.1 Å². The molecule has 9 nitrogen and oxygen atoms in total. The van der Waals surface area contributed by atoms with Gasteiger partial charge in [-0.2, -0.15) is 0 Å². The first kappa shape index (κ1) is 25.7. The van der Waals surface area contributed by atoms with Gasteiger partial charge in [0.2, 0.25) is 0 Å². The molecule has 4 heterocycles. The van der Waals surface area contributed by atoms with Crippen molar-refractivity contribution in [3.05, 3.63) is 54.0 Å². The second-order valence-corrected chi connectivity index (χ2v) is 11.7. The van der Waals surface area contributed by atoms with Gasteiger partial charge in [0.1, 0.15) is 11.4 Å². The highest BCUT2D eigenvalue weighted by molar-refractivity contribution is 7.90. The van der Waals surface area contributed by atoms with E-state index in [4.69, 9.17) is 4.74 Å². The maximum Gasteiger partial charge on any atom is 0.156 e. The molecule has 0 N–H and O–H groups in total. The molecule has 37 heavy (non-hydrogen) atoms. The third-order valence-corrected chi connectivity index (χ3v) is 8.66. The van der Waals surface area contributed by atoms with Crippen molar-refractivity contribution in [3.63, 3.8) is 0 Å². The minimum Gasteiger partial charge on any atom is -0.380 e. The molecule has 198 valence electrons. The highest BCUT2D eigenvalue weighted by Crippen LogP contribution is 2.27. The van der Waals surface area contributed by atoms with Gasteiger partial charge in [-0.15, -0.1) is 5.10 Å². The van der Waals surface area contributed by atoms with E-state index in [-0.39, 0.29) is 11.3 Å². The topological polar surface area (TPSA) is 93.5 Å². The Kier molecular flexibility index (Phi) is 7.50. The Morgan fingerprint density at radius 3 is 2.68 bits per heavy atom. The summed E-state index contributed by atoms with van der Waals surface area (Å²) in [7, 11) is -3.51. The number of pyridine rings is 1. The van der Waals surface area contributed by atoms with Crippen LogP contribution in [0.3, 0.4) is 0 Å². The number of rotatable bonds is 8. The zero-order valence-electron chi connectivity index (χ0n) is 20.7. The normalized spacial score (nSPS) is 19.0. The molecular weight excluding hydrogens is 502 g/mol. The zero-order valence-corrected chi connectivity index (χ0v) is 21.5. The van der Waals surface area contributed by atoms with E-state index in [0.717, 1.165) is 68.3 Å². The number of ether oxygens (including phenoxy) is 1. The fourth-order valence-corrected chi connectivity index (χ4v) is 6.39. The maximum absolute atomic E-state index is 15.2. The lowest BCUT2D eigenvalue weighted by molar-refractivity contribution is 0.139. The van der Waals surface area contributed by atoms with Crippen molar-refractivity contribution in [2.24, 2.45) is 0 Å². The van der Waals surface area contributed by atoms with E-state index in [1.807, 2.05) is 6.07 Å². The van der Waals surface area contributed by atoms with E-state index in [1.54, 1.807) is 19.3 Å². The number of piperazine rings is 1. The Hall–Kier alpha value is -2.96. The molecule has 1 atom stereocenters. The molecule has 1 aromatic carbocycles. The lowest BCUT2D eigenvalue weighted by atomic mass is 10.1. The molecule has 2 aromatic heterocycles. The van der Waals surface area contributed by atoms with Gasteiger partial charge in [-0.1, -0.05) is 18.2 Å². The maximum atomic E-state index is 15.2. The van der Waals surface area contributed by atoms with Crippen LogP contribution in [0.25, 0.3) is 16.9 Å². The number of hydrogen-bond donors (Lipinski definition) is 0. The van der Waals surface area contributed by atoms with Gasteiger partial charge < -0.3 is 9.64 Å². The summed E-state index contributed by atoms with van der Waals surface area (Å²) >= 11 is 0. The number of aromatic nitrogens is 4. The Morgan fingerprint density at radius 2 is 1.95 bits per heavy atom.